The quantitative estimate of drug-likeness (QED) is 0.843. The summed E-state index contributed by atoms with van der Waals surface area (Å²) in [4.78, 5) is 18.9. The summed E-state index contributed by atoms with van der Waals surface area (Å²) in [6.45, 7) is 2.75. The van der Waals surface area contributed by atoms with Gasteiger partial charge in [-0.1, -0.05) is 11.3 Å². The van der Waals surface area contributed by atoms with E-state index in [1.54, 1.807) is 12.5 Å². The first-order chi connectivity index (χ1) is 8.15. The van der Waals surface area contributed by atoms with Crippen molar-refractivity contribution in [3.05, 3.63) is 29.8 Å². The highest BCUT2D eigenvalue weighted by molar-refractivity contribution is 7.17. The zero-order valence-corrected chi connectivity index (χ0v) is 10.0. The smallest absolute Gasteiger partial charge is 0.347 e. The monoisotopic (exact) mass is 252 g/mol. The number of imidazole rings is 1. The van der Waals surface area contributed by atoms with Crippen LogP contribution in [0.5, 0.6) is 0 Å². The Morgan fingerprint density at radius 2 is 2.53 bits per heavy atom. The molecule has 0 aliphatic heterocycles. The molecular weight excluding hydrogens is 240 g/mol. The molecule has 0 spiro atoms. The van der Waals surface area contributed by atoms with Crippen LogP contribution in [0.15, 0.2) is 24.9 Å². The summed E-state index contributed by atoms with van der Waals surface area (Å²) in [5, 5.41) is 12.5. The summed E-state index contributed by atoms with van der Waals surface area (Å²) in [5.41, 5.74) is 0. The third kappa shape index (κ3) is 3.04. The second-order valence-electron chi connectivity index (χ2n) is 3.64. The van der Waals surface area contributed by atoms with E-state index < -0.39 is 5.97 Å². The lowest BCUT2D eigenvalue weighted by atomic mass is 10.3. The van der Waals surface area contributed by atoms with Crippen LogP contribution in [0, 0.1) is 0 Å². The molecule has 7 heteroatoms. The van der Waals surface area contributed by atoms with Gasteiger partial charge in [-0.05, 0) is 6.92 Å². The zero-order chi connectivity index (χ0) is 12.3. The molecule has 6 nitrogen and oxygen atoms in total. The Morgan fingerprint density at radius 3 is 3.12 bits per heavy atom. The number of hydrogen-bond acceptors (Lipinski definition) is 5. The molecule has 0 aliphatic rings. The number of aromatic nitrogens is 3. The average molecular weight is 252 g/mol. The molecule has 90 valence electrons. The van der Waals surface area contributed by atoms with Crippen molar-refractivity contribution in [1.29, 1.82) is 0 Å². The number of thiazole rings is 1. The number of rotatable bonds is 5. The van der Waals surface area contributed by atoms with Gasteiger partial charge in [-0.15, -0.1) is 0 Å². The molecule has 0 amide bonds. The van der Waals surface area contributed by atoms with E-state index >= 15 is 0 Å². The molecule has 2 N–H and O–H groups in total. The number of carboxylic acid groups (broad SMARTS) is 1. The molecule has 1 atom stereocenters. The van der Waals surface area contributed by atoms with Gasteiger partial charge in [-0.3, -0.25) is 0 Å². The second-order valence-corrected chi connectivity index (χ2v) is 4.67. The van der Waals surface area contributed by atoms with Crippen LogP contribution >= 0.6 is 11.3 Å². The standard InChI is InChI=1S/C10H12N4O2S/c1-7(5-14-3-2-11-6-14)13-10-12-4-8(17-10)9(15)16/h2-4,6-7H,5H2,1H3,(H,12,13)(H,15,16). The van der Waals surface area contributed by atoms with Crippen molar-refractivity contribution in [1.82, 2.24) is 14.5 Å². The fraction of sp³-hybridized carbons (Fsp3) is 0.300. The summed E-state index contributed by atoms with van der Waals surface area (Å²) < 4.78 is 1.95. The van der Waals surface area contributed by atoms with Crippen molar-refractivity contribution >= 4 is 22.4 Å². The van der Waals surface area contributed by atoms with Gasteiger partial charge in [0.25, 0.3) is 0 Å². The minimum atomic E-state index is -0.946. The molecule has 0 aromatic carbocycles. The predicted octanol–water partition coefficient (Wildman–Crippen LogP) is 1.54. The van der Waals surface area contributed by atoms with E-state index in [-0.39, 0.29) is 10.9 Å². The second kappa shape index (κ2) is 4.96. The number of carbonyl (C=O) groups is 1. The maximum Gasteiger partial charge on any atom is 0.347 e. The third-order valence-corrected chi connectivity index (χ3v) is 3.05. The van der Waals surface area contributed by atoms with E-state index in [2.05, 4.69) is 15.3 Å². The Kier molecular flexibility index (Phi) is 3.38. The molecule has 2 heterocycles. The number of aromatic carboxylic acids is 1. The molecule has 0 saturated heterocycles. The van der Waals surface area contributed by atoms with Crippen LogP contribution in [0.4, 0.5) is 5.13 Å². The molecular formula is C10H12N4O2S. The van der Waals surface area contributed by atoms with Gasteiger partial charge in [-0.2, -0.15) is 0 Å². The SMILES string of the molecule is CC(Cn1ccnc1)Nc1ncc(C(=O)O)s1. The molecule has 2 aromatic rings. The van der Waals surface area contributed by atoms with Crippen LogP contribution in [-0.4, -0.2) is 31.7 Å². The highest BCUT2D eigenvalue weighted by atomic mass is 32.1. The summed E-state index contributed by atoms with van der Waals surface area (Å²) in [6.07, 6.45) is 6.70. The van der Waals surface area contributed by atoms with E-state index in [1.807, 2.05) is 17.7 Å². The molecule has 0 aliphatic carbocycles. The molecule has 2 aromatic heterocycles. The Morgan fingerprint density at radius 1 is 1.71 bits per heavy atom. The Balaban J connectivity index is 1.93. The van der Waals surface area contributed by atoms with E-state index in [9.17, 15) is 4.79 Å². The zero-order valence-electron chi connectivity index (χ0n) is 9.20. The largest absolute Gasteiger partial charge is 0.477 e. The van der Waals surface area contributed by atoms with Gasteiger partial charge in [0.2, 0.25) is 0 Å². The van der Waals surface area contributed by atoms with Crippen LogP contribution in [0.3, 0.4) is 0 Å². The fourth-order valence-corrected chi connectivity index (χ4v) is 2.17. The van der Waals surface area contributed by atoms with Crippen LogP contribution in [0.25, 0.3) is 0 Å². The van der Waals surface area contributed by atoms with Crippen LogP contribution in [-0.2, 0) is 6.54 Å². The first-order valence-electron chi connectivity index (χ1n) is 5.06. The van der Waals surface area contributed by atoms with Gasteiger partial charge < -0.3 is 15.0 Å². The lowest BCUT2D eigenvalue weighted by Gasteiger charge is -2.12. The minimum absolute atomic E-state index is 0.150. The topological polar surface area (TPSA) is 80.0 Å². The number of anilines is 1. The Bertz CT molecular complexity index is 494. The lowest BCUT2D eigenvalue weighted by Crippen LogP contribution is -2.21. The molecule has 2 rings (SSSR count). The molecule has 0 radical (unpaired) electrons. The summed E-state index contributed by atoms with van der Waals surface area (Å²) in [6, 6.07) is 0.150. The van der Waals surface area contributed by atoms with Crippen LogP contribution in [0.1, 0.15) is 16.6 Å². The maximum atomic E-state index is 10.7. The van der Waals surface area contributed by atoms with Gasteiger partial charge in [0.1, 0.15) is 4.88 Å². The molecule has 0 fully saturated rings. The van der Waals surface area contributed by atoms with E-state index in [0.717, 1.165) is 17.9 Å². The molecule has 0 bridgehead atoms. The average Bonchev–Trinajstić information content (AvgIpc) is 2.88. The third-order valence-electron chi connectivity index (χ3n) is 2.13. The van der Waals surface area contributed by atoms with Crippen molar-refractivity contribution < 1.29 is 9.90 Å². The summed E-state index contributed by atoms with van der Waals surface area (Å²) in [5.74, 6) is -0.946. The van der Waals surface area contributed by atoms with E-state index in [1.165, 1.54) is 6.20 Å². The van der Waals surface area contributed by atoms with Crippen molar-refractivity contribution in [3.8, 4) is 0 Å². The van der Waals surface area contributed by atoms with Gasteiger partial charge in [0.15, 0.2) is 5.13 Å². The molecule has 0 saturated carbocycles. The van der Waals surface area contributed by atoms with Gasteiger partial charge >= 0.3 is 5.97 Å². The van der Waals surface area contributed by atoms with Crippen LogP contribution < -0.4 is 5.32 Å². The van der Waals surface area contributed by atoms with Crippen molar-refractivity contribution in [2.45, 2.75) is 19.5 Å². The summed E-state index contributed by atoms with van der Waals surface area (Å²) >= 11 is 1.14. The van der Waals surface area contributed by atoms with Crippen molar-refractivity contribution in [2.75, 3.05) is 5.32 Å². The maximum absolute atomic E-state index is 10.7. The fourth-order valence-electron chi connectivity index (χ4n) is 1.41. The molecule has 17 heavy (non-hydrogen) atoms. The van der Waals surface area contributed by atoms with Crippen molar-refractivity contribution in [2.24, 2.45) is 0 Å². The number of hydrogen-bond donors (Lipinski definition) is 2. The van der Waals surface area contributed by atoms with Crippen molar-refractivity contribution in [3.63, 3.8) is 0 Å². The Labute approximate surface area is 102 Å². The van der Waals surface area contributed by atoms with Gasteiger partial charge in [-0.25, -0.2) is 14.8 Å². The predicted molar refractivity (Wildman–Crippen MR) is 64.4 cm³/mol. The minimum Gasteiger partial charge on any atom is -0.477 e. The van der Waals surface area contributed by atoms with Gasteiger partial charge in [0, 0.05) is 25.0 Å². The highest BCUT2D eigenvalue weighted by Gasteiger charge is 2.10. The van der Waals surface area contributed by atoms with E-state index in [4.69, 9.17) is 5.11 Å². The number of nitrogens with one attached hydrogen (secondary N) is 1. The Hall–Kier alpha value is -1.89. The first kappa shape index (κ1) is 11.6. The highest BCUT2D eigenvalue weighted by Crippen LogP contribution is 2.18. The number of nitrogens with zero attached hydrogens (tertiary/aromatic N) is 3. The normalized spacial score (nSPS) is 12.3. The van der Waals surface area contributed by atoms with E-state index in [0.29, 0.717) is 5.13 Å². The van der Waals surface area contributed by atoms with Gasteiger partial charge in [0.05, 0.1) is 12.5 Å². The van der Waals surface area contributed by atoms with Crippen LogP contribution in [0.2, 0.25) is 0 Å². The lowest BCUT2D eigenvalue weighted by molar-refractivity contribution is 0.0702. The first-order valence-corrected chi connectivity index (χ1v) is 5.88. The number of carboxylic acids is 1. The summed E-state index contributed by atoms with van der Waals surface area (Å²) in [7, 11) is 0. The molecule has 1 unspecified atom stereocenters.